The lowest BCUT2D eigenvalue weighted by atomic mass is 9.98. The predicted molar refractivity (Wildman–Crippen MR) is 132 cm³/mol. The van der Waals surface area contributed by atoms with E-state index in [4.69, 9.17) is 9.47 Å². The second-order valence-corrected chi connectivity index (χ2v) is 8.93. The number of nitrogens with one attached hydrogen (secondary N) is 1. The largest absolute Gasteiger partial charge is 0.491 e. The van der Waals surface area contributed by atoms with Crippen LogP contribution in [0.2, 0.25) is 0 Å². The maximum absolute atomic E-state index is 13.1. The molecule has 1 N–H and O–H groups in total. The second-order valence-electron chi connectivity index (χ2n) is 8.93. The number of hydrogen-bond donors (Lipinski definition) is 1. The van der Waals surface area contributed by atoms with Gasteiger partial charge < -0.3 is 19.7 Å². The van der Waals surface area contributed by atoms with Crippen LogP contribution in [0, 0.1) is 0 Å². The summed E-state index contributed by atoms with van der Waals surface area (Å²) < 4.78 is 12.0. The molecule has 1 saturated heterocycles. The summed E-state index contributed by atoms with van der Waals surface area (Å²) >= 11 is 0. The molecule has 0 saturated carbocycles. The lowest BCUT2D eigenvalue weighted by Gasteiger charge is -2.26. The Morgan fingerprint density at radius 2 is 1.94 bits per heavy atom. The quantitative estimate of drug-likeness (QED) is 0.634. The molecule has 5 rings (SSSR count). The molecule has 3 heterocycles. The summed E-state index contributed by atoms with van der Waals surface area (Å²) in [7, 11) is 0. The molecule has 2 bridgehead atoms. The molecule has 0 radical (unpaired) electrons. The number of aromatic nitrogens is 1. The van der Waals surface area contributed by atoms with Crippen molar-refractivity contribution in [3.8, 4) is 16.9 Å². The van der Waals surface area contributed by atoms with Crippen molar-refractivity contribution in [1.82, 2.24) is 15.2 Å². The highest BCUT2D eigenvalue weighted by Gasteiger charge is 2.27. The molecule has 6 nitrogen and oxygen atoms in total. The Balaban J connectivity index is 1.43. The summed E-state index contributed by atoms with van der Waals surface area (Å²) in [5.74, 6) is 1.05. The molecule has 6 heteroatoms. The van der Waals surface area contributed by atoms with E-state index in [-0.39, 0.29) is 11.9 Å². The van der Waals surface area contributed by atoms with E-state index in [9.17, 15) is 4.79 Å². The van der Waals surface area contributed by atoms with E-state index in [2.05, 4.69) is 52.8 Å². The number of ether oxygens (including phenoxy) is 2. The number of nitrogens with zero attached hydrogens (tertiary/aromatic N) is 2. The minimum atomic E-state index is -0.0804. The third-order valence-corrected chi connectivity index (χ3v) is 6.48. The van der Waals surface area contributed by atoms with Gasteiger partial charge in [0.15, 0.2) is 0 Å². The van der Waals surface area contributed by atoms with E-state index >= 15 is 0 Å². The van der Waals surface area contributed by atoms with Gasteiger partial charge in [-0.05, 0) is 59.8 Å². The summed E-state index contributed by atoms with van der Waals surface area (Å²) in [5.41, 5.74) is 5.65. The molecular formula is C28H31N3O3. The van der Waals surface area contributed by atoms with E-state index < -0.39 is 0 Å². The standard InChI is InChI=1S/C28H31N3O3/c32-28(26-7-3-11-30-26)31-12-13-33-14-15-34-27-9-8-23(24-6-2-10-29-19-24)18-25(27)17-21-4-1-5-22(16-21)20-31/h1-2,4-6,8-10,16,18-19,26,30H,3,7,11-15,17,20H2/t26-/m1/s1. The second kappa shape index (κ2) is 10.8. The van der Waals surface area contributed by atoms with Crippen LogP contribution in [0.5, 0.6) is 5.75 Å². The highest BCUT2D eigenvalue weighted by atomic mass is 16.5. The van der Waals surface area contributed by atoms with Gasteiger partial charge in [0.25, 0.3) is 0 Å². The van der Waals surface area contributed by atoms with Crippen LogP contribution >= 0.6 is 0 Å². The SMILES string of the molecule is O=C([C@H]1CCCN1)N1CCOCCOc2ccc(-c3cccnc3)cc2Cc2cccc(c2)C1. The Kier molecular flexibility index (Phi) is 7.17. The van der Waals surface area contributed by atoms with Crippen LogP contribution in [0.1, 0.15) is 29.5 Å². The molecule has 2 aliphatic rings. The maximum Gasteiger partial charge on any atom is 0.240 e. The molecule has 3 aromatic rings. The number of hydrogen-bond acceptors (Lipinski definition) is 5. The van der Waals surface area contributed by atoms with Crippen LogP contribution in [0.25, 0.3) is 11.1 Å². The molecule has 1 aromatic heterocycles. The molecule has 0 spiro atoms. The number of amides is 1. The van der Waals surface area contributed by atoms with Gasteiger partial charge in [0.2, 0.25) is 5.91 Å². The van der Waals surface area contributed by atoms with Crippen molar-refractivity contribution in [2.75, 3.05) is 32.9 Å². The molecule has 0 unspecified atom stereocenters. The van der Waals surface area contributed by atoms with Crippen molar-refractivity contribution in [2.45, 2.75) is 31.8 Å². The highest BCUT2D eigenvalue weighted by Crippen LogP contribution is 2.29. The van der Waals surface area contributed by atoms with Crippen LogP contribution in [-0.2, 0) is 22.5 Å². The first kappa shape index (κ1) is 22.6. The first-order valence-corrected chi connectivity index (χ1v) is 12.1. The Morgan fingerprint density at radius 3 is 2.79 bits per heavy atom. The first-order valence-electron chi connectivity index (χ1n) is 12.1. The number of pyridine rings is 1. The Morgan fingerprint density at radius 1 is 1.00 bits per heavy atom. The number of fused-ring (bicyclic) bond motifs is 3. The fraction of sp³-hybridized carbons (Fsp3) is 0.357. The number of rotatable bonds is 2. The van der Waals surface area contributed by atoms with Crippen molar-refractivity contribution in [3.63, 3.8) is 0 Å². The van der Waals surface area contributed by atoms with Gasteiger partial charge in [0.05, 0.1) is 19.3 Å². The van der Waals surface area contributed by atoms with E-state index in [1.807, 2.05) is 23.2 Å². The van der Waals surface area contributed by atoms with Gasteiger partial charge in [-0.1, -0.05) is 36.4 Å². The predicted octanol–water partition coefficient (Wildman–Crippen LogP) is 3.83. The molecule has 2 aliphatic heterocycles. The Labute approximate surface area is 200 Å². The lowest BCUT2D eigenvalue weighted by Crippen LogP contribution is -2.44. The normalized spacial score (nSPS) is 19.1. The fourth-order valence-corrected chi connectivity index (χ4v) is 4.72. The van der Waals surface area contributed by atoms with Gasteiger partial charge >= 0.3 is 0 Å². The van der Waals surface area contributed by atoms with Crippen molar-refractivity contribution in [1.29, 1.82) is 0 Å². The zero-order chi connectivity index (χ0) is 23.2. The van der Waals surface area contributed by atoms with Crippen LogP contribution in [0.3, 0.4) is 0 Å². The number of carbonyl (C=O) groups is 1. The van der Waals surface area contributed by atoms with Gasteiger partial charge in [-0.3, -0.25) is 9.78 Å². The van der Waals surface area contributed by atoms with Gasteiger partial charge in [-0.2, -0.15) is 0 Å². The van der Waals surface area contributed by atoms with Crippen molar-refractivity contribution in [2.24, 2.45) is 0 Å². The third-order valence-electron chi connectivity index (χ3n) is 6.48. The van der Waals surface area contributed by atoms with Crippen molar-refractivity contribution >= 4 is 5.91 Å². The monoisotopic (exact) mass is 457 g/mol. The molecule has 1 amide bonds. The minimum absolute atomic E-state index is 0.0804. The summed E-state index contributed by atoms with van der Waals surface area (Å²) in [6, 6.07) is 18.8. The first-order chi connectivity index (χ1) is 16.8. The summed E-state index contributed by atoms with van der Waals surface area (Å²) in [5, 5.41) is 3.34. The summed E-state index contributed by atoms with van der Waals surface area (Å²) in [6.07, 6.45) is 6.36. The van der Waals surface area contributed by atoms with Crippen molar-refractivity contribution < 1.29 is 14.3 Å². The fourth-order valence-electron chi connectivity index (χ4n) is 4.72. The molecule has 2 aromatic carbocycles. The van der Waals surface area contributed by atoms with Crippen molar-refractivity contribution in [3.05, 3.63) is 83.7 Å². The molecule has 1 atom stereocenters. The molecule has 34 heavy (non-hydrogen) atoms. The van der Waals surface area contributed by atoms with Gasteiger partial charge in [0, 0.05) is 37.5 Å². The van der Waals surface area contributed by atoms with Gasteiger partial charge in [-0.15, -0.1) is 0 Å². The summed E-state index contributed by atoms with van der Waals surface area (Å²) in [6.45, 7) is 3.53. The average Bonchev–Trinajstić information content (AvgIpc) is 3.41. The van der Waals surface area contributed by atoms with Gasteiger partial charge in [-0.25, -0.2) is 0 Å². The van der Waals surface area contributed by atoms with Crippen LogP contribution < -0.4 is 10.1 Å². The minimum Gasteiger partial charge on any atom is -0.491 e. The zero-order valence-electron chi connectivity index (χ0n) is 19.4. The highest BCUT2D eigenvalue weighted by molar-refractivity contribution is 5.82. The molecule has 176 valence electrons. The van der Waals surface area contributed by atoms with Crippen LogP contribution in [0.4, 0.5) is 0 Å². The molecular weight excluding hydrogens is 426 g/mol. The molecule has 1 fully saturated rings. The van der Waals surface area contributed by atoms with E-state index in [1.54, 1.807) is 6.20 Å². The van der Waals surface area contributed by atoms with E-state index in [0.29, 0.717) is 32.9 Å². The topological polar surface area (TPSA) is 63.7 Å². The van der Waals surface area contributed by atoms with E-state index in [0.717, 1.165) is 53.8 Å². The lowest BCUT2D eigenvalue weighted by molar-refractivity contribution is -0.134. The zero-order valence-corrected chi connectivity index (χ0v) is 19.4. The van der Waals surface area contributed by atoms with Crippen LogP contribution in [0.15, 0.2) is 67.0 Å². The Hall–Kier alpha value is -3.22. The Bertz CT molecular complexity index is 1110. The smallest absolute Gasteiger partial charge is 0.240 e. The maximum atomic E-state index is 13.1. The van der Waals surface area contributed by atoms with E-state index in [1.165, 1.54) is 5.56 Å². The average molecular weight is 458 g/mol. The van der Waals surface area contributed by atoms with Gasteiger partial charge in [0.1, 0.15) is 12.4 Å². The number of carbonyl (C=O) groups excluding carboxylic acids is 1. The number of benzene rings is 2. The molecule has 0 aliphatic carbocycles. The summed E-state index contributed by atoms with van der Waals surface area (Å²) in [4.78, 5) is 19.3. The third kappa shape index (κ3) is 5.46. The van der Waals surface area contributed by atoms with Crippen LogP contribution in [-0.4, -0.2) is 54.7 Å².